The minimum atomic E-state index is -4.58. The van der Waals surface area contributed by atoms with E-state index < -0.39 is 47.8 Å². The summed E-state index contributed by atoms with van der Waals surface area (Å²) < 4.78 is 38.9. The molecule has 0 spiro atoms. The highest BCUT2D eigenvalue weighted by atomic mass is 19.4. The van der Waals surface area contributed by atoms with E-state index in [2.05, 4.69) is 15.6 Å². The summed E-state index contributed by atoms with van der Waals surface area (Å²) in [7, 11) is 0. The van der Waals surface area contributed by atoms with Gasteiger partial charge in [-0.2, -0.15) is 13.2 Å². The maximum absolute atomic E-state index is 13.0. The second-order valence-corrected chi connectivity index (χ2v) is 10.2. The number of nitrogens with one attached hydrogen (secondary N) is 2. The number of likely N-dealkylation sites (tertiary alicyclic amines) is 1. The predicted octanol–water partition coefficient (Wildman–Crippen LogP) is 2.60. The molecule has 3 atom stereocenters. The largest absolute Gasteiger partial charge is 0.416 e. The molecule has 4 N–H and O–H groups in total. The number of carbonyl (C=O) groups excluding carboxylic acids is 2. The molecular weight excluding hydrogens is 501 g/mol. The Bertz CT molecular complexity index is 1120. The van der Waals surface area contributed by atoms with E-state index in [9.17, 15) is 33.0 Å². The molecule has 11 heteroatoms. The fourth-order valence-electron chi connectivity index (χ4n) is 5.42. The van der Waals surface area contributed by atoms with Gasteiger partial charge in [-0.05, 0) is 69.4 Å². The van der Waals surface area contributed by atoms with Gasteiger partial charge in [0.05, 0.1) is 29.9 Å². The number of benzene rings is 1. The molecule has 4 rings (SSSR count). The van der Waals surface area contributed by atoms with Gasteiger partial charge in [-0.1, -0.05) is 12.1 Å². The summed E-state index contributed by atoms with van der Waals surface area (Å²) in [5, 5.41) is 27.3. The monoisotopic (exact) mass is 534 g/mol. The zero-order valence-electron chi connectivity index (χ0n) is 21.1. The van der Waals surface area contributed by atoms with Crippen LogP contribution in [0.1, 0.15) is 60.6 Å². The summed E-state index contributed by atoms with van der Waals surface area (Å²) in [6.07, 6.45) is -0.633. The number of nitrogens with zero attached hydrogens (tertiary/aromatic N) is 2. The molecule has 0 bridgehead atoms. The summed E-state index contributed by atoms with van der Waals surface area (Å²) in [5.74, 6) is -1.21. The number of aromatic nitrogens is 1. The minimum absolute atomic E-state index is 0.0799. The summed E-state index contributed by atoms with van der Waals surface area (Å²) >= 11 is 0. The van der Waals surface area contributed by atoms with Crippen LogP contribution >= 0.6 is 0 Å². The lowest BCUT2D eigenvalue weighted by Gasteiger charge is -2.37. The third-order valence-corrected chi connectivity index (χ3v) is 7.50. The SMILES string of the molecule is C[C@@H](O)C1CC(NC2CCC(O)(c3ccccn3)CC2)CN1C(=O)CNC(=O)c1cccc(C(F)(F)F)c1. The van der Waals surface area contributed by atoms with E-state index in [0.717, 1.165) is 31.0 Å². The van der Waals surface area contributed by atoms with Gasteiger partial charge in [0.25, 0.3) is 5.91 Å². The van der Waals surface area contributed by atoms with Gasteiger partial charge < -0.3 is 25.7 Å². The molecule has 2 aromatic rings. The quantitative estimate of drug-likeness (QED) is 0.434. The zero-order chi connectivity index (χ0) is 27.5. The molecule has 1 aromatic carbocycles. The maximum atomic E-state index is 13.0. The molecule has 38 heavy (non-hydrogen) atoms. The van der Waals surface area contributed by atoms with Gasteiger partial charge in [-0.3, -0.25) is 14.6 Å². The molecule has 2 aliphatic rings. The number of hydrogen-bond acceptors (Lipinski definition) is 6. The minimum Gasteiger partial charge on any atom is -0.391 e. The molecule has 8 nitrogen and oxygen atoms in total. The van der Waals surface area contributed by atoms with E-state index in [4.69, 9.17) is 0 Å². The van der Waals surface area contributed by atoms with Crippen LogP contribution in [0.25, 0.3) is 0 Å². The Kier molecular flexibility index (Phi) is 8.39. The Hall–Kier alpha value is -3.02. The standard InChI is InChI=1S/C27H33F3N4O4/c1-17(35)22-14-21(33-20-8-10-26(38,11-9-20)23-7-2-3-12-31-23)16-34(22)24(36)15-32-25(37)18-5-4-6-19(13-18)27(28,29)30/h2-7,12-13,17,20-22,33,35,38H,8-11,14-16H2,1H3,(H,32,37)/t17-,20?,21?,22?,26?/m1/s1. The molecule has 2 fully saturated rings. The third kappa shape index (κ3) is 6.51. The van der Waals surface area contributed by atoms with Gasteiger partial charge in [0.15, 0.2) is 0 Å². The molecule has 1 aliphatic heterocycles. The van der Waals surface area contributed by atoms with E-state index >= 15 is 0 Å². The van der Waals surface area contributed by atoms with Crippen LogP contribution in [0.2, 0.25) is 0 Å². The molecule has 1 saturated heterocycles. The maximum Gasteiger partial charge on any atom is 0.416 e. The van der Waals surface area contributed by atoms with Gasteiger partial charge in [0.1, 0.15) is 5.60 Å². The molecule has 1 aliphatic carbocycles. The third-order valence-electron chi connectivity index (χ3n) is 7.50. The van der Waals surface area contributed by atoms with Crippen LogP contribution in [0.15, 0.2) is 48.7 Å². The first-order chi connectivity index (χ1) is 18.0. The number of rotatable bonds is 7. The van der Waals surface area contributed by atoms with Gasteiger partial charge in [-0.25, -0.2) is 0 Å². The number of alkyl halides is 3. The molecule has 0 radical (unpaired) electrons. The van der Waals surface area contributed by atoms with Gasteiger partial charge >= 0.3 is 6.18 Å². The molecule has 1 saturated carbocycles. The zero-order valence-corrected chi connectivity index (χ0v) is 21.1. The molecule has 2 unspecified atom stereocenters. The van der Waals surface area contributed by atoms with Gasteiger partial charge in [0, 0.05) is 30.4 Å². The van der Waals surface area contributed by atoms with Gasteiger partial charge in [0.2, 0.25) is 5.91 Å². The van der Waals surface area contributed by atoms with Crippen molar-refractivity contribution in [3.05, 3.63) is 65.5 Å². The van der Waals surface area contributed by atoms with E-state index in [1.807, 2.05) is 18.2 Å². The van der Waals surface area contributed by atoms with Crippen LogP contribution in [-0.2, 0) is 16.6 Å². The normalized spacial score (nSPS) is 26.7. The summed E-state index contributed by atoms with van der Waals surface area (Å²) in [6, 6.07) is 9.09. The predicted molar refractivity (Wildman–Crippen MR) is 133 cm³/mol. The molecule has 2 amide bonds. The number of aliphatic hydroxyl groups is 2. The Balaban J connectivity index is 1.31. The van der Waals surface area contributed by atoms with E-state index in [1.54, 1.807) is 13.1 Å². The number of carbonyl (C=O) groups is 2. The van der Waals surface area contributed by atoms with Crippen molar-refractivity contribution in [1.29, 1.82) is 0 Å². The summed E-state index contributed by atoms with van der Waals surface area (Å²) in [4.78, 5) is 31.2. The number of hydrogen-bond donors (Lipinski definition) is 4. The Morgan fingerprint density at radius 2 is 1.89 bits per heavy atom. The van der Waals surface area contributed by atoms with Crippen molar-refractivity contribution in [2.75, 3.05) is 13.1 Å². The molecule has 1 aromatic heterocycles. The van der Waals surface area contributed by atoms with Crippen molar-refractivity contribution in [2.24, 2.45) is 0 Å². The van der Waals surface area contributed by atoms with Crippen molar-refractivity contribution < 1.29 is 33.0 Å². The van der Waals surface area contributed by atoms with Crippen LogP contribution in [0, 0.1) is 0 Å². The average molecular weight is 535 g/mol. The van der Waals surface area contributed by atoms with Crippen molar-refractivity contribution >= 4 is 11.8 Å². The number of pyridine rings is 1. The summed E-state index contributed by atoms with van der Waals surface area (Å²) in [5.41, 5.74) is -1.43. The highest BCUT2D eigenvalue weighted by molar-refractivity contribution is 5.96. The van der Waals surface area contributed by atoms with Crippen LogP contribution in [0.5, 0.6) is 0 Å². The number of amides is 2. The number of aliphatic hydroxyl groups excluding tert-OH is 1. The molecule has 2 heterocycles. The number of halogens is 3. The highest BCUT2D eigenvalue weighted by Crippen LogP contribution is 2.36. The first kappa shape index (κ1) is 28.0. The van der Waals surface area contributed by atoms with Crippen LogP contribution < -0.4 is 10.6 Å². The van der Waals surface area contributed by atoms with E-state index in [0.29, 0.717) is 31.5 Å². The van der Waals surface area contributed by atoms with Crippen molar-refractivity contribution in [3.63, 3.8) is 0 Å². The Morgan fingerprint density at radius 1 is 1.16 bits per heavy atom. The fraction of sp³-hybridized carbons (Fsp3) is 0.519. The first-order valence-corrected chi connectivity index (χ1v) is 12.8. The lowest BCUT2D eigenvalue weighted by molar-refractivity contribution is -0.137. The van der Waals surface area contributed by atoms with E-state index in [1.165, 1.54) is 11.0 Å². The van der Waals surface area contributed by atoms with E-state index in [-0.39, 0.29) is 17.6 Å². The van der Waals surface area contributed by atoms with Crippen LogP contribution in [-0.4, -0.2) is 69.2 Å². The molecule has 206 valence electrons. The topological polar surface area (TPSA) is 115 Å². The highest BCUT2D eigenvalue weighted by Gasteiger charge is 2.41. The average Bonchev–Trinajstić information content (AvgIpc) is 3.33. The fourth-order valence-corrected chi connectivity index (χ4v) is 5.42. The lowest BCUT2D eigenvalue weighted by Crippen LogP contribution is -2.47. The van der Waals surface area contributed by atoms with Crippen LogP contribution in [0.3, 0.4) is 0 Å². The Labute approximate surface area is 219 Å². The first-order valence-electron chi connectivity index (χ1n) is 12.8. The Morgan fingerprint density at radius 3 is 2.53 bits per heavy atom. The smallest absolute Gasteiger partial charge is 0.391 e. The van der Waals surface area contributed by atoms with Crippen molar-refractivity contribution in [2.45, 2.75) is 75.0 Å². The van der Waals surface area contributed by atoms with Crippen molar-refractivity contribution in [3.8, 4) is 0 Å². The molecular formula is C27H33F3N4O4. The van der Waals surface area contributed by atoms with Crippen molar-refractivity contribution in [1.82, 2.24) is 20.5 Å². The second-order valence-electron chi connectivity index (χ2n) is 10.2. The summed E-state index contributed by atoms with van der Waals surface area (Å²) in [6.45, 7) is 1.53. The van der Waals surface area contributed by atoms with Crippen LogP contribution in [0.4, 0.5) is 13.2 Å². The van der Waals surface area contributed by atoms with Gasteiger partial charge in [-0.15, -0.1) is 0 Å². The lowest BCUT2D eigenvalue weighted by atomic mass is 9.79. The second kappa shape index (κ2) is 11.4.